The molecular formula is C17H20N2S. The molecule has 2 N–H and O–H groups in total. The Morgan fingerprint density at radius 2 is 1.65 bits per heavy atom. The molecule has 2 aromatic rings. The molecule has 104 valence electrons. The van der Waals surface area contributed by atoms with Crippen LogP contribution in [0, 0.1) is 0 Å². The maximum atomic E-state index is 5.80. The highest BCUT2D eigenvalue weighted by Crippen LogP contribution is 2.14. The van der Waals surface area contributed by atoms with Gasteiger partial charge in [0.25, 0.3) is 0 Å². The van der Waals surface area contributed by atoms with Gasteiger partial charge in [-0.3, -0.25) is 4.90 Å². The van der Waals surface area contributed by atoms with Crippen molar-refractivity contribution in [2.45, 2.75) is 20.0 Å². The smallest absolute Gasteiger partial charge is 0.104 e. The molecule has 0 amide bonds. The van der Waals surface area contributed by atoms with Crippen LogP contribution in [0.25, 0.3) is 0 Å². The molecule has 3 heteroatoms. The highest BCUT2D eigenvalue weighted by atomic mass is 32.1. The van der Waals surface area contributed by atoms with Crippen molar-refractivity contribution in [3.8, 4) is 0 Å². The lowest BCUT2D eigenvalue weighted by molar-refractivity contribution is 0.271. The van der Waals surface area contributed by atoms with Gasteiger partial charge in [0.2, 0.25) is 0 Å². The Balaban J connectivity index is 2.13. The van der Waals surface area contributed by atoms with E-state index in [1.54, 1.807) is 0 Å². The van der Waals surface area contributed by atoms with Gasteiger partial charge in [-0.05, 0) is 17.7 Å². The van der Waals surface area contributed by atoms with Gasteiger partial charge in [0.15, 0.2) is 0 Å². The minimum Gasteiger partial charge on any atom is -0.389 e. The predicted octanol–water partition coefficient (Wildman–Crippen LogP) is 3.34. The monoisotopic (exact) mass is 284 g/mol. The first kappa shape index (κ1) is 14.7. The van der Waals surface area contributed by atoms with Gasteiger partial charge in [0.1, 0.15) is 4.99 Å². The molecule has 0 bridgehead atoms. The lowest BCUT2D eigenvalue weighted by Crippen LogP contribution is -2.24. The second-order valence-electron chi connectivity index (χ2n) is 4.81. The number of rotatable bonds is 6. The minimum absolute atomic E-state index is 0.469. The SMILES string of the molecule is CCN(Cc1ccccc1)Cc1ccccc1C(N)=S. The van der Waals surface area contributed by atoms with Crippen molar-refractivity contribution in [2.24, 2.45) is 5.73 Å². The minimum atomic E-state index is 0.469. The van der Waals surface area contributed by atoms with Gasteiger partial charge in [0.05, 0.1) is 0 Å². The van der Waals surface area contributed by atoms with Crippen LogP contribution in [0.2, 0.25) is 0 Å². The Labute approximate surface area is 126 Å². The van der Waals surface area contributed by atoms with E-state index in [1.807, 2.05) is 24.3 Å². The number of hydrogen-bond acceptors (Lipinski definition) is 2. The molecule has 0 heterocycles. The maximum Gasteiger partial charge on any atom is 0.104 e. The topological polar surface area (TPSA) is 29.3 Å². The molecule has 0 radical (unpaired) electrons. The lowest BCUT2D eigenvalue weighted by Gasteiger charge is -2.22. The van der Waals surface area contributed by atoms with E-state index in [0.29, 0.717) is 4.99 Å². The summed E-state index contributed by atoms with van der Waals surface area (Å²) in [5.74, 6) is 0. The number of nitrogens with zero attached hydrogens (tertiary/aromatic N) is 1. The van der Waals surface area contributed by atoms with Crippen molar-refractivity contribution in [1.82, 2.24) is 4.90 Å². The molecule has 2 aromatic carbocycles. The van der Waals surface area contributed by atoms with Crippen molar-refractivity contribution >= 4 is 17.2 Å². The number of hydrogen-bond donors (Lipinski definition) is 1. The molecule has 2 nitrogen and oxygen atoms in total. The fraction of sp³-hybridized carbons (Fsp3) is 0.235. The Kier molecular flexibility index (Phi) is 5.27. The zero-order chi connectivity index (χ0) is 14.4. The van der Waals surface area contributed by atoms with Gasteiger partial charge in [0, 0.05) is 18.7 Å². The summed E-state index contributed by atoms with van der Waals surface area (Å²) < 4.78 is 0. The Morgan fingerprint density at radius 1 is 1.00 bits per heavy atom. The van der Waals surface area contributed by atoms with Crippen molar-refractivity contribution in [3.05, 3.63) is 71.3 Å². The Hall–Kier alpha value is -1.71. The average Bonchev–Trinajstić information content (AvgIpc) is 2.48. The number of nitrogens with two attached hydrogens (primary N) is 1. The van der Waals surface area contributed by atoms with Crippen molar-refractivity contribution in [2.75, 3.05) is 6.54 Å². The normalized spacial score (nSPS) is 10.7. The summed E-state index contributed by atoms with van der Waals surface area (Å²) in [4.78, 5) is 2.85. The zero-order valence-corrected chi connectivity index (χ0v) is 12.6. The first-order valence-electron chi connectivity index (χ1n) is 6.84. The van der Waals surface area contributed by atoms with E-state index < -0.39 is 0 Å². The van der Waals surface area contributed by atoms with Crippen LogP contribution in [0.4, 0.5) is 0 Å². The quantitative estimate of drug-likeness (QED) is 0.825. The van der Waals surface area contributed by atoms with E-state index >= 15 is 0 Å². The van der Waals surface area contributed by atoms with Crippen LogP contribution < -0.4 is 5.73 Å². The lowest BCUT2D eigenvalue weighted by atomic mass is 10.1. The predicted molar refractivity (Wildman–Crippen MR) is 88.6 cm³/mol. The number of thiocarbonyl (C=S) groups is 1. The Morgan fingerprint density at radius 3 is 2.30 bits per heavy atom. The first-order chi connectivity index (χ1) is 9.70. The van der Waals surface area contributed by atoms with Crippen LogP contribution in [0.5, 0.6) is 0 Å². The largest absolute Gasteiger partial charge is 0.389 e. The molecule has 0 aliphatic heterocycles. The van der Waals surface area contributed by atoms with Crippen molar-refractivity contribution in [3.63, 3.8) is 0 Å². The molecule has 0 spiro atoms. The van der Waals surface area contributed by atoms with Crippen LogP contribution >= 0.6 is 12.2 Å². The highest BCUT2D eigenvalue weighted by Gasteiger charge is 2.09. The molecule has 0 aliphatic carbocycles. The van der Waals surface area contributed by atoms with Crippen LogP contribution in [-0.4, -0.2) is 16.4 Å². The average molecular weight is 284 g/mol. The maximum absolute atomic E-state index is 5.80. The van der Waals surface area contributed by atoms with Gasteiger partial charge >= 0.3 is 0 Å². The first-order valence-corrected chi connectivity index (χ1v) is 7.25. The Bertz CT molecular complexity index is 566. The third-order valence-corrected chi connectivity index (χ3v) is 3.59. The van der Waals surface area contributed by atoms with E-state index in [9.17, 15) is 0 Å². The standard InChI is InChI=1S/C17H20N2S/c1-2-19(12-14-8-4-3-5-9-14)13-15-10-6-7-11-16(15)17(18)20/h3-11H,2,12-13H2,1H3,(H2,18,20). The zero-order valence-electron chi connectivity index (χ0n) is 11.8. The third kappa shape index (κ3) is 3.89. The molecule has 0 saturated carbocycles. The van der Waals surface area contributed by atoms with Crippen molar-refractivity contribution in [1.29, 1.82) is 0 Å². The highest BCUT2D eigenvalue weighted by molar-refractivity contribution is 7.80. The van der Waals surface area contributed by atoms with Crippen LogP contribution in [0.1, 0.15) is 23.6 Å². The van der Waals surface area contributed by atoms with Crippen LogP contribution in [0.15, 0.2) is 54.6 Å². The summed E-state index contributed by atoms with van der Waals surface area (Å²) in [6.45, 7) is 4.95. The van der Waals surface area contributed by atoms with Crippen molar-refractivity contribution < 1.29 is 0 Å². The molecule has 0 aliphatic rings. The summed E-state index contributed by atoms with van der Waals surface area (Å²) in [5, 5.41) is 0. The molecule has 0 fully saturated rings. The van der Waals surface area contributed by atoms with Gasteiger partial charge in [-0.15, -0.1) is 0 Å². The molecular weight excluding hydrogens is 264 g/mol. The second-order valence-corrected chi connectivity index (χ2v) is 5.25. The van der Waals surface area contributed by atoms with Crippen LogP contribution in [0.3, 0.4) is 0 Å². The summed E-state index contributed by atoms with van der Waals surface area (Å²) in [5.41, 5.74) is 9.29. The van der Waals surface area contributed by atoms with Gasteiger partial charge < -0.3 is 5.73 Å². The van der Waals surface area contributed by atoms with E-state index in [-0.39, 0.29) is 0 Å². The summed E-state index contributed by atoms with van der Waals surface area (Å²) in [6, 6.07) is 18.6. The fourth-order valence-electron chi connectivity index (χ4n) is 2.26. The van der Waals surface area contributed by atoms with Gasteiger partial charge in [-0.1, -0.05) is 73.7 Å². The molecule has 0 aromatic heterocycles. The second kappa shape index (κ2) is 7.17. The van der Waals surface area contributed by atoms with Crippen LogP contribution in [-0.2, 0) is 13.1 Å². The molecule has 20 heavy (non-hydrogen) atoms. The van der Waals surface area contributed by atoms with E-state index in [1.165, 1.54) is 11.1 Å². The molecule has 0 saturated heterocycles. The summed E-state index contributed by atoms with van der Waals surface area (Å²) >= 11 is 5.13. The van der Waals surface area contributed by atoms with E-state index in [4.69, 9.17) is 18.0 Å². The van der Waals surface area contributed by atoms with E-state index in [0.717, 1.165) is 25.2 Å². The third-order valence-electron chi connectivity index (χ3n) is 3.37. The van der Waals surface area contributed by atoms with Gasteiger partial charge in [-0.2, -0.15) is 0 Å². The molecule has 2 rings (SSSR count). The number of benzene rings is 2. The summed E-state index contributed by atoms with van der Waals surface area (Å²) in [7, 11) is 0. The van der Waals surface area contributed by atoms with E-state index in [2.05, 4.69) is 42.2 Å². The fourth-order valence-corrected chi connectivity index (χ4v) is 2.46. The molecule has 0 atom stereocenters. The summed E-state index contributed by atoms with van der Waals surface area (Å²) in [6.07, 6.45) is 0. The van der Waals surface area contributed by atoms with Gasteiger partial charge in [-0.25, -0.2) is 0 Å². The molecule has 0 unspecified atom stereocenters.